The summed E-state index contributed by atoms with van der Waals surface area (Å²) in [6.45, 7) is 3.60. The maximum Gasteiger partial charge on any atom is 0.311 e. The Morgan fingerprint density at radius 1 is 1.00 bits per heavy atom. The fourth-order valence-corrected chi connectivity index (χ4v) is 5.35. The molecule has 26 heavy (non-hydrogen) atoms. The summed E-state index contributed by atoms with van der Waals surface area (Å²) in [5, 5.41) is 13.4. The van der Waals surface area contributed by atoms with Crippen molar-refractivity contribution < 1.29 is 23.8 Å². The third kappa shape index (κ3) is 4.11. The number of nitrogens with zero attached hydrogens (tertiary/aromatic N) is 3. The zero-order chi connectivity index (χ0) is 18.6. The Labute approximate surface area is 150 Å². The second-order valence-electron chi connectivity index (χ2n) is 5.92. The summed E-state index contributed by atoms with van der Waals surface area (Å²) < 4.78 is 27.9. The van der Waals surface area contributed by atoms with E-state index in [9.17, 15) is 19.5 Å². The van der Waals surface area contributed by atoms with Crippen molar-refractivity contribution in [2.75, 3.05) is 52.6 Å². The van der Waals surface area contributed by atoms with Gasteiger partial charge in [0.25, 0.3) is 11.6 Å². The zero-order valence-corrected chi connectivity index (χ0v) is 15.1. The normalized spacial score (nSPS) is 19.8. The predicted octanol–water partition coefficient (Wildman–Crippen LogP) is 1.10. The van der Waals surface area contributed by atoms with Gasteiger partial charge < -0.3 is 9.47 Å². The molecule has 1 aromatic carbocycles. The third-order valence-corrected chi connectivity index (χ3v) is 7.16. The molecule has 142 valence electrons. The van der Waals surface area contributed by atoms with Gasteiger partial charge >= 0.3 is 7.59 Å². The van der Waals surface area contributed by atoms with Crippen LogP contribution in [0, 0.1) is 10.1 Å². The number of non-ortho nitro benzene ring substituents is 1. The van der Waals surface area contributed by atoms with Gasteiger partial charge in [0.05, 0.1) is 31.4 Å². The highest BCUT2D eigenvalue weighted by molar-refractivity contribution is 7.57. The molecule has 1 aromatic rings. The summed E-state index contributed by atoms with van der Waals surface area (Å²) in [7, 11) is -3.35. The molecule has 2 heterocycles. The van der Waals surface area contributed by atoms with Crippen LogP contribution < -0.4 is 5.09 Å². The van der Waals surface area contributed by atoms with Crippen LogP contribution in [0.2, 0.25) is 0 Å². The number of amides is 1. The SMILES string of the molecule is O=C(NP(=O)(N1CCOCC1)N1CCOCC1)c1ccc([N+](=O)[O-])cc1. The lowest BCUT2D eigenvalue weighted by molar-refractivity contribution is -0.384. The number of nitro benzene ring substituents is 1. The van der Waals surface area contributed by atoms with E-state index in [0.717, 1.165) is 0 Å². The van der Waals surface area contributed by atoms with Gasteiger partial charge in [-0.1, -0.05) is 0 Å². The van der Waals surface area contributed by atoms with Crippen molar-refractivity contribution in [2.24, 2.45) is 0 Å². The topological polar surface area (TPSA) is 114 Å². The van der Waals surface area contributed by atoms with Gasteiger partial charge in [0, 0.05) is 43.9 Å². The highest BCUT2D eigenvalue weighted by atomic mass is 31.2. The van der Waals surface area contributed by atoms with E-state index >= 15 is 0 Å². The fraction of sp³-hybridized carbons (Fsp3) is 0.533. The minimum atomic E-state index is -3.35. The van der Waals surface area contributed by atoms with Crippen LogP contribution in [0.4, 0.5) is 5.69 Å². The van der Waals surface area contributed by atoms with Crippen LogP contribution in [-0.4, -0.2) is 72.8 Å². The molecule has 0 spiro atoms. The molecule has 0 unspecified atom stereocenters. The van der Waals surface area contributed by atoms with Gasteiger partial charge in [-0.05, 0) is 12.1 Å². The predicted molar refractivity (Wildman–Crippen MR) is 93.0 cm³/mol. The van der Waals surface area contributed by atoms with E-state index in [0.29, 0.717) is 52.6 Å². The van der Waals surface area contributed by atoms with Crippen molar-refractivity contribution in [3.05, 3.63) is 39.9 Å². The van der Waals surface area contributed by atoms with E-state index < -0.39 is 18.4 Å². The summed E-state index contributed by atoms with van der Waals surface area (Å²) in [6.07, 6.45) is 0. The Kier molecular flexibility index (Phi) is 6.00. The van der Waals surface area contributed by atoms with E-state index in [1.807, 2.05) is 0 Å². The van der Waals surface area contributed by atoms with E-state index in [2.05, 4.69) is 5.09 Å². The monoisotopic (exact) mass is 384 g/mol. The maximum absolute atomic E-state index is 13.8. The van der Waals surface area contributed by atoms with Crippen molar-refractivity contribution in [3.63, 3.8) is 0 Å². The highest BCUT2D eigenvalue weighted by Crippen LogP contribution is 2.50. The lowest BCUT2D eigenvalue weighted by Gasteiger charge is -2.41. The summed E-state index contributed by atoms with van der Waals surface area (Å²) in [4.78, 5) is 22.9. The molecule has 2 saturated heterocycles. The second-order valence-corrected chi connectivity index (χ2v) is 8.36. The van der Waals surface area contributed by atoms with Crippen LogP contribution in [0.5, 0.6) is 0 Å². The number of rotatable bonds is 5. The van der Waals surface area contributed by atoms with Gasteiger partial charge in [-0.25, -0.2) is 9.34 Å². The molecule has 10 nitrogen and oxygen atoms in total. The van der Waals surface area contributed by atoms with E-state index in [4.69, 9.17) is 9.47 Å². The summed E-state index contributed by atoms with van der Waals surface area (Å²) >= 11 is 0. The smallest absolute Gasteiger partial charge is 0.311 e. The van der Waals surface area contributed by atoms with Crippen molar-refractivity contribution in [2.45, 2.75) is 0 Å². The number of nitro groups is 1. The Morgan fingerprint density at radius 3 is 1.88 bits per heavy atom. The first-order valence-corrected chi connectivity index (χ1v) is 9.95. The molecule has 1 N–H and O–H groups in total. The largest absolute Gasteiger partial charge is 0.379 e. The van der Waals surface area contributed by atoms with Gasteiger partial charge in [-0.2, -0.15) is 0 Å². The summed E-state index contributed by atoms with van der Waals surface area (Å²) in [5.41, 5.74) is 0.114. The molecule has 2 aliphatic heterocycles. The lowest BCUT2D eigenvalue weighted by atomic mass is 10.2. The zero-order valence-electron chi connectivity index (χ0n) is 14.2. The molecule has 0 radical (unpaired) electrons. The average Bonchev–Trinajstić information content (AvgIpc) is 2.69. The Hall–Kier alpha value is -1.84. The number of carbonyl (C=O) groups excluding carboxylic acids is 1. The minimum absolute atomic E-state index is 0.105. The first kappa shape index (κ1) is 18.9. The van der Waals surface area contributed by atoms with Crippen LogP contribution in [-0.2, 0) is 14.0 Å². The number of morpholine rings is 2. The molecular weight excluding hydrogens is 363 g/mol. The van der Waals surface area contributed by atoms with Gasteiger partial charge in [0.2, 0.25) is 0 Å². The minimum Gasteiger partial charge on any atom is -0.379 e. The molecule has 0 atom stereocenters. The Bertz CT molecular complexity index is 679. The molecule has 0 saturated carbocycles. The molecular formula is C15H21N4O6P. The molecule has 1 amide bonds. The van der Waals surface area contributed by atoms with Crippen molar-refractivity contribution >= 4 is 19.2 Å². The highest BCUT2D eigenvalue weighted by Gasteiger charge is 2.40. The van der Waals surface area contributed by atoms with Gasteiger partial charge in [-0.3, -0.25) is 24.6 Å². The van der Waals surface area contributed by atoms with Crippen LogP contribution in [0.3, 0.4) is 0 Å². The van der Waals surface area contributed by atoms with Crippen LogP contribution in [0.15, 0.2) is 24.3 Å². The maximum atomic E-state index is 13.8. The number of ether oxygens (including phenoxy) is 2. The average molecular weight is 384 g/mol. The number of carbonyl (C=O) groups is 1. The van der Waals surface area contributed by atoms with Crippen LogP contribution in [0.25, 0.3) is 0 Å². The van der Waals surface area contributed by atoms with Crippen LogP contribution >= 0.6 is 7.59 Å². The third-order valence-electron chi connectivity index (χ3n) is 4.33. The first-order chi connectivity index (χ1) is 12.5. The van der Waals surface area contributed by atoms with Gasteiger partial charge in [-0.15, -0.1) is 0 Å². The fourth-order valence-electron chi connectivity index (χ4n) is 2.90. The molecule has 3 rings (SSSR count). The van der Waals surface area contributed by atoms with Crippen LogP contribution in [0.1, 0.15) is 10.4 Å². The molecule has 2 fully saturated rings. The number of nitrogens with one attached hydrogen (secondary N) is 1. The van der Waals surface area contributed by atoms with E-state index in [1.165, 1.54) is 24.3 Å². The van der Waals surface area contributed by atoms with Crippen molar-refractivity contribution in [1.82, 2.24) is 14.4 Å². The van der Waals surface area contributed by atoms with Gasteiger partial charge in [0.1, 0.15) is 0 Å². The number of benzene rings is 1. The molecule has 0 bridgehead atoms. The van der Waals surface area contributed by atoms with Gasteiger partial charge in [0.15, 0.2) is 0 Å². The summed E-state index contributed by atoms with van der Waals surface area (Å²) in [5.74, 6) is -0.527. The molecule has 11 heteroatoms. The Morgan fingerprint density at radius 2 is 1.46 bits per heavy atom. The molecule has 2 aliphatic rings. The second kappa shape index (κ2) is 8.24. The lowest BCUT2D eigenvalue weighted by Crippen LogP contribution is -2.48. The molecule has 0 aliphatic carbocycles. The van der Waals surface area contributed by atoms with E-state index in [1.54, 1.807) is 9.34 Å². The van der Waals surface area contributed by atoms with E-state index in [-0.39, 0.29) is 11.3 Å². The Balaban J connectivity index is 1.80. The quantitative estimate of drug-likeness (QED) is 0.456. The van der Waals surface area contributed by atoms with Crippen molar-refractivity contribution in [1.29, 1.82) is 0 Å². The summed E-state index contributed by atoms with van der Waals surface area (Å²) in [6, 6.07) is 5.22. The number of hydrogen-bond acceptors (Lipinski definition) is 6. The van der Waals surface area contributed by atoms with Crippen molar-refractivity contribution in [3.8, 4) is 0 Å². The first-order valence-electron chi connectivity index (χ1n) is 8.34. The standard InChI is InChI=1S/C15H21N4O6P/c20-15(13-1-3-14(4-2-13)19(21)22)16-26(23,17-5-9-24-10-6-17)18-7-11-25-12-8-18/h1-4H,5-12H2,(H,16,20,23). The molecule has 0 aromatic heterocycles. The number of hydrogen-bond donors (Lipinski definition) is 1.